The lowest BCUT2D eigenvalue weighted by Crippen LogP contribution is -2.48. The number of aliphatic carboxylic acids is 1. The molecule has 0 fully saturated rings. The molecule has 1 aromatic heterocycles. The molecule has 0 radical (unpaired) electrons. The summed E-state index contributed by atoms with van der Waals surface area (Å²) in [5.74, 6) is -1.95. The van der Waals surface area contributed by atoms with Gasteiger partial charge < -0.3 is 21.9 Å². The number of guanidine groups is 1. The molecule has 178 valence electrons. The van der Waals surface area contributed by atoms with Crippen molar-refractivity contribution >= 4 is 45.3 Å². The monoisotopic (exact) mass is 493 g/mol. The number of thiophene rings is 1. The summed E-state index contributed by atoms with van der Waals surface area (Å²) in [6, 6.07) is 5.17. The molecule has 1 heterocycles. The summed E-state index contributed by atoms with van der Waals surface area (Å²) in [7, 11) is -4.13. The van der Waals surface area contributed by atoms with Crippen LogP contribution >= 0.6 is 11.3 Å². The van der Waals surface area contributed by atoms with Gasteiger partial charge in [-0.15, -0.1) is 11.3 Å². The number of nitrogens with one attached hydrogen (secondary N) is 2. The molecule has 2 rings (SSSR count). The average molecular weight is 494 g/mol. The Labute approximate surface area is 196 Å². The van der Waals surface area contributed by atoms with Gasteiger partial charge in [-0.05, 0) is 50.1 Å². The summed E-state index contributed by atoms with van der Waals surface area (Å²) in [5, 5.41) is 12.0. The van der Waals surface area contributed by atoms with E-state index in [1.54, 1.807) is 50.3 Å². The van der Waals surface area contributed by atoms with Crippen LogP contribution in [0.2, 0.25) is 0 Å². The van der Waals surface area contributed by atoms with Crippen LogP contribution in [-0.2, 0) is 14.8 Å². The number of carbonyl (C=O) groups excluding carboxylic acids is 1. The van der Waals surface area contributed by atoms with Crippen LogP contribution in [0.5, 0.6) is 0 Å². The van der Waals surface area contributed by atoms with E-state index in [2.05, 4.69) is 15.0 Å². The number of amides is 1. The van der Waals surface area contributed by atoms with Gasteiger partial charge >= 0.3 is 5.97 Å². The number of rotatable bonds is 10. The second-order valence-corrected chi connectivity index (χ2v) is 10.1. The van der Waals surface area contributed by atoms with Crippen molar-refractivity contribution in [3.05, 3.63) is 56.8 Å². The topological polar surface area (TPSA) is 177 Å². The Morgan fingerprint density at radius 2 is 1.82 bits per heavy atom. The van der Waals surface area contributed by atoms with Crippen molar-refractivity contribution < 1.29 is 23.1 Å². The van der Waals surface area contributed by atoms with Crippen molar-refractivity contribution in [3.63, 3.8) is 0 Å². The molecule has 0 saturated heterocycles. The molecule has 1 atom stereocenters. The second-order valence-electron chi connectivity index (χ2n) is 7.32. The third-order valence-electron chi connectivity index (χ3n) is 4.45. The number of nitrogens with two attached hydrogens (primary N) is 2. The van der Waals surface area contributed by atoms with E-state index in [4.69, 9.17) is 11.5 Å². The maximum atomic E-state index is 12.9. The van der Waals surface area contributed by atoms with Gasteiger partial charge in [0.25, 0.3) is 5.91 Å². The number of hydrogen-bond acceptors (Lipinski definition) is 6. The van der Waals surface area contributed by atoms with Crippen molar-refractivity contribution in [1.29, 1.82) is 0 Å². The standard InChI is InChI=1S/C21H27N5O5S2/c1-12-9-13(2)18(14(3)10-12)33(30,31)26-16(20(28)29)11-25-19(27)17-7-6-15(32-17)5-4-8-24-21(22)23/h4-7,9-10,16,26H,8,11H2,1-3H3,(H,25,27)(H,28,29)(H4,22,23,24)/t16-/m0/s1. The van der Waals surface area contributed by atoms with E-state index in [1.807, 2.05) is 6.92 Å². The van der Waals surface area contributed by atoms with Gasteiger partial charge in [0.1, 0.15) is 6.04 Å². The van der Waals surface area contributed by atoms with E-state index < -0.39 is 34.5 Å². The number of carbonyl (C=O) groups is 2. The third kappa shape index (κ3) is 7.41. The van der Waals surface area contributed by atoms with Crippen LogP contribution in [0.15, 0.2) is 40.2 Å². The van der Waals surface area contributed by atoms with Crippen LogP contribution in [0.3, 0.4) is 0 Å². The highest BCUT2D eigenvalue weighted by Gasteiger charge is 2.28. The Morgan fingerprint density at radius 3 is 2.39 bits per heavy atom. The van der Waals surface area contributed by atoms with Crippen LogP contribution < -0.4 is 21.5 Å². The van der Waals surface area contributed by atoms with Crippen molar-refractivity contribution in [2.24, 2.45) is 16.5 Å². The predicted molar refractivity (Wildman–Crippen MR) is 129 cm³/mol. The number of aliphatic imine (C=N–C) groups is 1. The van der Waals surface area contributed by atoms with Crippen molar-refractivity contribution in [1.82, 2.24) is 10.0 Å². The Kier molecular flexibility index (Phi) is 8.74. The minimum Gasteiger partial charge on any atom is -0.480 e. The number of hydrogen-bond donors (Lipinski definition) is 5. The van der Waals surface area contributed by atoms with Gasteiger partial charge in [-0.2, -0.15) is 4.72 Å². The minimum absolute atomic E-state index is 0.0257. The molecule has 0 aliphatic heterocycles. The lowest BCUT2D eigenvalue weighted by atomic mass is 10.1. The smallest absolute Gasteiger partial charge is 0.323 e. The molecule has 0 aliphatic carbocycles. The lowest BCUT2D eigenvalue weighted by molar-refractivity contribution is -0.138. The summed E-state index contributed by atoms with van der Waals surface area (Å²) >= 11 is 1.18. The maximum absolute atomic E-state index is 12.9. The molecule has 33 heavy (non-hydrogen) atoms. The Hall–Kier alpha value is -3.22. The fourth-order valence-corrected chi connectivity index (χ4v) is 5.69. The van der Waals surface area contributed by atoms with E-state index in [0.717, 1.165) is 10.4 Å². The zero-order chi connectivity index (χ0) is 24.8. The fourth-order valence-electron chi connectivity index (χ4n) is 3.19. The van der Waals surface area contributed by atoms with Crippen LogP contribution in [0, 0.1) is 20.8 Å². The number of carboxylic acids is 1. The predicted octanol–water partition coefficient (Wildman–Crippen LogP) is 1.12. The largest absolute Gasteiger partial charge is 0.480 e. The van der Waals surface area contributed by atoms with Crippen molar-refractivity contribution in [3.8, 4) is 0 Å². The number of aryl methyl sites for hydroxylation is 3. The fraction of sp³-hybridized carbons (Fsp3) is 0.286. The molecule has 0 unspecified atom stereocenters. The highest BCUT2D eigenvalue weighted by atomic mass is 32.2. The average Bonchev–Trinajstić information content (AvgIpc) is 3.15. The Morgan fingerprint density at radius 1 is 1.18 bits per heavy atom. The van der Waals surface area contributed by atoms with Gasteiger partial charge in [-0.1, -0.05) is 23.8 Å². The van der Waals surface area contributed by atoms with E-state index in [0.29, 0.717) is 22.5 Å². The molecule has 1 aromatic carbocycles. The Balaban J connectivity index is 2.07. The van der Waals surface area contributed by atoms with Gasteiger partial charge in [-0.3, -0.25) is 9.59 Å². The van der Waals surface area contributed by atoms with Gasteiger partial charge in [0.15, 0.2) is 5.96 Å². The minimum atomic E-state index is -4.13. The number of nitrogens with zero attached hydrogens (tertiary/aromatic N) is 1. The van der Waals surface area contributed by atoms with E-state index in [9.17, 15) is 23.1 Å². The van der Waals surface area contributed by atoms with Crippen LogP contribution in [0.1, 0.15) is 31.2 Å². The SMILES string of the molecule is Cc1cc(C)c(S(=O)(=O)N[C@@H](CNC(=O)c2ccc(C=CCN=C(N)N)s2)C(=O)O)c(C)c1. The van der Waals surface area contributed by atoms with Crippen molar-refractivity contribution in [2.75, 3.05) is 13.1 Å². The maximum Gasteiger partial charge on any atom is 0.323 e. The number of sulfonamides is 1. The molecular weight excluding hydrogens is 466 g/mol. The molecule has 0 bridgehead atoms. The van der Waals surface area contributed by atoms with Gasteiger partial charge in [0.2, 0.25) is 10.0 Å². The summed E-state index contributed by atoms with van der Waals surface area (Å²) in [6.07, 6.45) is 3.46. The first-order chi connectivity index (χ1) is 15.4. The van der Waals surface area contributed by atoms with Gasteiger partial charge in [-0.25, -0.2) is 13.4 Å². The van der Waals surface area contributed by atoms with Crippen LogP contribution in [0.25, 0.3) is 6.08 Å². The van der Waals surface area contributed by atoms with Crippen molar-refractivity contribution in [2.45, 2.75) is 31.7 Å². The van der Waals surface area contributed by atoms with E-state index in [1.165, 1.54) is 11.3 Å². The number of carboxylic acid groups (broad SMARTS) is 1. The summed E-state index contributed by atoms with van der Waals surface area (Å²) < 4.78 is 27.9. The quantitative estimate of drug-likeness (QED) is 0.243. The molecule has 0 aliphatic rings. The molecule has 2 aromatic rings. The van der Waals surface area contributed by atoms with Gasteiger partial charge in [0.05, 0.1) is 16.3 Å². The number of benzene rings is 1. The van der Waals surface area contributed by atoms with E-state index in [-0.39, 0.29) is 10.9 Å². The molecule has 12 heteroatoms. The van der Waals surface area contributed by atoms with Gasteiger partial charge in [0, 0.05) is 11.4 Å². The zero-order valence-electron chi connectivity index (χ0n) is 18.5. The lowest BCUT2D eigenvalue weighted by Gasteiger charge is -2.18. The Bertz CT molecular complexity index is 1170. The first-order valence-corrected chi connectivity index (χ1v) is 12.1. The molecular formula is C21H27N5O5S2. The van der Waals surface area contributed by atoms with Crippen LogP contribution in [-0.4, -0.2) is 50.5 Å². The summed E-state index contributed by atoms with van der Waals surface area (Å²) in [4.78, 5) is 29.1. The molecule has 0 saturated carbocycles. The summed E-state index contributed by atoms with van der Waals surface area (Å²) in [5.41, 5.74) is 12.4. The second kappa shape index (κ2) is 11.1. The molecule has 0 spiro atoms. The molecule has 10 nitrogen and oxygen atoms in total. The first-order valence-electron chi connectivity index (χ1n) is 9.83. The molecule has 7 N–H and O–H groups in total. The highest BCUT2D eigenvalue weighted by Crippen LogP contribution is 2.22. The summed E-state index contributed by atoms with van der Waals surface area (Å²) in [6.45, 7) is 5.00. The third-order valence-corrected chi connectivity index (χ3v) is 7.27. The normalized spacial score (nSPS) is 12.5. The highest BCUT2D eigenvalue weighted by molar-refractivity contribution is 7.89. The van der Waals surface area contributed by atoms with E-state index >= 15 is 0 Å². The molecule has 1 amide bonds. The first kappa shape index (κ1) is 26.0. The van der Waals surface area contributed by atoms with Crippen LogP contribution in [0.4, 0.5) is 0 Å². The zero-order valence-corrected chi connectivity index (χ0v) is 20.1.